The van der Waals surface area contributed by atoms with Crippen LogP contribution >= 0.6 is 11.6 Å². The highest BCUT2D eigenvalue weighted by molar-refractivity contribution is 6.30. The largest absolute Gasteiger partial charge is 0.490 e. The van der Waals surface area contributed by atoms with Gasteiger partial charge in [-0.15, -0.1) is 0 Å². The third-order valence-electron chi connectivity index (χ3n) is 5.78. The van der Waals surface area contributed by atoms with E-state index >= 15 is 0 Å². The molecule has 1 aliphatic rings. The molecule has 5 heteroatoms. The first-order valence-corrected chi connectivity index (χ1v) is 11.5. The Morgan fingerprint density at radius 1 is 0.906 bits per heavy atom. The highest BCUT2D eigenvalue weighted by Crippen LogP contribution is 2.43. The third-order valence-corrected chi connectivity index (χ3v) is 6.03. The molecule has 0 radical (unpaired) electrons. The Bertz CT molecular complexity index is 1090. The van der Waals surface area contributed by atoms with Gasteiger partial charge >= 0.3 is 0 Å². The number of hydrogen-bond acceptors (Lipinski definition) is 3. The quantitative estimate of drug-likeness (QED) is 0.420. The minimum absolute atomic E-state index is 0.0380. The minimum atomic E-state index is -0.270. The molecule has 4 rings (SSSR count). The zero-order valence-corrected chi connectivity index (χ0v) is 19.5. The van der Waals surface area contributed by atoms with Crippen LogP contribution in [-0.4, -0.2) is 19.1 Å². The lowest BCUT2D eigenvalue weighted by Gasteiger charge is -2.38. The molecule has 166 valence electrons. The molecule has 0 N–H and O–H groups in total. The molecule has 1 atom stereocenters. The van der Waals surface area contributed by atoms with Crippen molar-refractivity contribution >= 4 is 23.2 Å². The summed E-state index contributed by atoms with van der Waals surface area (Å²) in [6, 6.07) is 19.7. The van der Waals surface area contributed by atoms with Crippen molar-refractivity contribution in [3.8, 4) is 11.5 Å². The molecular weight excluding hydrogens is 422 g/mol. The first-order chi connectivity index (χ1) is 15.5. The summed E-state index contributed by atoms with van der Waals surface area (Å²) >= 11 is 6.12. The summed E-state index contributed by atoms with van der Waals surface area (Å²) in [5.41, 5.74) is 5.16. The average Bonchev–Trinajstić information content (AvgIpc) is 2.80. The van der Waals surface area contributed by atoms with Gasteiger partial charge < -0.3 is 14.4 Å². The Morgan fingerprint density at radius 3 is 2.12 bits per heavy atom. The summed E-state index contributed by atoms with van der Waals surface area (Å²) in [6.45, 7) is 7.11. The zero-order valence-electron chi connectivity index (χ0n) is 18.7. The number of carbonyl (C=O) groups is 1. The monoisotopic (exact) mass is 449 g/mol. The van der Waals surface area contributed by atoms with Gasteiger partial charge in [-0.05, 0) is 78.9 Å². The van der Waals surface area contributed by atoms with E-state index in [4.69, 9.17) is 21.1 Å². The second-order valence-corrected chi connectivity index (χ2v) is 8.21. The van der Waals surface area contributed by atoms with Gasteiger partial charge in [-0.1, -0.05) is 42.8 Å². The van der Waals surface area contributed by atoms with E-state index in [1.165, 1.54) is 5.56 Å². The van der Waals surface area contributed by atoms with Crippen LogP contribution in [0.25, 0.3) is 0 Å². The normalized spacial score (nSPS) is 15.4. The topological polar surface area (TPSA) is 38.8 Å². The maximum absolute atomic E-state index is 13.4. The highest BCUT2D eigenvalue weighted by atomic mass is 35.5. The van der Waals surface area contributed by atoms with Gasteiger partial charge in [0.1, 0.15) is 0 Å². The standard InChI is InChI=1S/C27H28ClNO3/c1-4-18-7-9-19(10-8-18)27-23-17-25(32-6-3)24(31-5-2)15-20(23)16-26(30)29(27)22-13-11-21(28)12-14-22/h7-15,17,27H,4-6,16H2,1-3H3/t27-/m1/s1. The number of ether oxygens (including phenoxy) is 2. The van der Waals surface area contributed by atoms with Crippen molar-refractivity contribution < 1.29 is 14.3 Å². The number of amides is 1. The van der Waals surface area contributed by atoms with Gasteiger partial charge in [0.25, 0.3) is 0 Å². The molecule has 0 aliphatic carbocycles. The molecular formula is C27H28ClNO3. The molecule has 1 heterocycles. The van der Waals surface area contributed by atoms with Crippen molar-refractivity contribution in [3.63, 3.8) is 0 Å². The van der Waals surface area contributed by atoms with Crippen molar-refractivity contribution in [3.05, 3.63) is 87.9 Å². The molecule has 0 bridgehead atoms. The molecule has 1 aliphatic heterocycles. The summed E-state index contributed by atoms with van der Waals surface area (Å²) < 4.78 is 11.7. The fourth-order valence-corrected chi connectivity index (χ4v) is 4.38. The van der Waals surface area contributed by atoms with Crippen LogP contribution < -0.4 is 14.4 Å². The van der Waals surface area contributed by atoms with Gasteiger partial charge in [0.05, 0.1) is 25.7 Å². The summed E-state index contributed by atoms with van der Waals surface area (Å²) in [4.78, 5) is 15.3. The number of fused-ring (bicyclic) bond motifs is 1. The van der Waals surface area contributed by atoms with Gasteiger partial charge in [0, 0.05) is 10.7 Å². The molecule has 32 heavy (non-hydrogen) atoms. The SMILES string of the molecule is CCOc1cc2c(cc1OCC)[C@@H](c1ccc(CC)cc1)N(c1ccc(Cl)cc1)C(=O)C2. The van der Waals surface area contributed by atoms with E-state index in [2.05, 4.69) is 31.2 Å². The van der Waals surface area contributed by atoms with Gasteiger partial charge in [-0.2, -0.15) is 0 Å². The number of rotatable bonds is 7. The van der Waals surface area contributed by atoms with Gasteiger partial charge in [-0.3, -0.25) is 4.79 Å². The van der Waals surface area contributed by atoms with Crippen LogP contribution in [0, 0.1) is 0 Å². The van der Waals surface area contributed by atoms with Crippen LogP contribution in [0.1, 0.15) is 49.1 Å². The lowest BCUT2D eigenvalue weighted by atomic mass is 9.86. The predicted molar refractivity (Wildman–Crippen MR) is 129 cm³/mol. The maximum Gasteiger partial charge on any atom is 0.232 e. The fourth-order valence-electron chi connectivity index (χ4n) is 4.25. The van der Waals surface area contributed by atoms with E-state index < -0.39 is 0 Å². The highest BCUT2D eigenvalue weighted by Gasteiger charge is 2.36. The summed E-state index contributed by atoms with van der Waals surface area (Å²) in [7, 11) is 0. The molecule has 3 aromatic rings. The Morgan fingerprint density at radius 2 is 1.53 bits per heavy atom. The van der Waals surface area contributed by atoms with E-state index in [1.807, 2.05) is 55.1 Å². The number of aryl methyl sites for hydroxylation is 1. The maximum atomic E-state index is 13.4. The Labute approximate surface area is 194 Å². The van der Waals surface area contributed by atoms with Gasteiger partial charge in [-0.25, -0.2) is 0 Å². The Hall–Kier alpha value is -2.98. The summed E-state index contributed by atoms with van der Waals surface area (Å²) in [5, 5.41) is 0.641. The van der Waals surface area contributed by atoms with E-state index in [0.29, 0.717) is 36.2 Å². The van der Waals surface area contributed by atoms with Gasteiger partial charge in [0.2, 0.25) is 5.91 Å². The Balaban J connectivity index is 1.90. The second-order valence-electron chi connectivity index (χ2n) is 7.78. The van der Waals surface area contributed by atoms with E-state index in [1.54, 1.807) is 0 Å². The van der Waals surface area contributed by atoms with Crippen molar-refractivity contribution in [2.24, 2.45) is 0 Å². The molecule has 4 nitrogen and oxygen atoms in total. The summed E-state index contributed by atoms with van der Waals surface area (Å²) in [5.74, 6) is 1.42. The van der Waals surface area contributed by atoms with E-state index in [9.17, 15) is 4.79 Å². The molecule has 0 fully saturated rings. The number of anilines is 1. The van der Waals surface area contributed by atoms with Crippen LogP contribution in [0.3, 0.4) is 0 Å². The van der Waals surface area contributed by atoms with Crippen molar-refractivity contribution in [1.29, 1.82) is 0 Å². The number of carbonyl (C=O) groups excluding carboxylic acids is 1. The van der Waals surface area contributed by atoms with Gasteiger partial charge in [0.15, 0.2) is 11.5 Å². The number of hydrogen-bond donors (Lipinski definition) is 0. The van der Waals surface area contributed by atoms with E-state index in [0.717, 1.165) is 28.8 Å². The molecule has 0 spiro atoms. The third kappa shape index (κ3) is 4.33. The molecule has 0 unspecified atom stereocenters. The zero-order chi connectivity index (χ0) is 22.7. The Kier molecular flexibility index (Phi) is 6.71. The van der Waals surface area contributed by atoms with Crippen LogP contribution in [0.5, 0.6) is 11.5 Å². The minimum Gasteiger partial charge on any atom is -0.490 e. The fraction of sp³-hybridized carbons (Fsp3) is 0.296. The van der Waals surface area contributed by atoms with E-state index in [-0.39, 0.29) is 11.9 Å². The average molecular weight is 450 g/mol. The molecule has 3 aromatic carbocycles. The van der Waals surface area contributed by atoms with Crippen molar-refractivity contribution in [2.75, 3.05) is 18.1 Å². The van der Waals surface area contributed by atoms with Crippen molar-refractivity contribution in [1.82, 2.24) is 0 Å². The lowest BCUT2D eigenvalue weighted by molar-refractivity contribution is -0.118. The number of benzene rings is 3. The number of halogens is 1. The van der Waals surface area contributed by atoms with Crippen LogP contribution in [0.4, 0.5) is 5.69 Å². The van der Waals surface area contributed by atoms with Crippen molar-refractivity contribution in [2.45, 2.75) is 39.7 Å². The van der Waals surface area contributed by atoms with Crippen LogP contribution in [0.15, 0.2) is 60.7 Å². The van der Waals surface area contributed by atoms with Crippen LogP contribution in [0.2, 0.25) is 5.02 Å². The second kappa shape index (κ2) is 9.66. The molecule has 0 saturated carbocycles. The predicted octanol–water partition coefficient (Wildman–Crippen LogP) is 6.38. The molecule has 0 aromatic heterocycles. The molecule has 1 amide bonds. The molecule has 0 saturated heterocycles. The first-order valence-electron chi connectivity index (χ1n) is 11.1. The first kappa shape index (κ1) is 22.2. The number of nitrogens with zero attached hydrogens (tertiary/aromatic N) is 1. The smallest absolute Gasteiger partial charge is 0.232 e. The summed E-state index contributed by atoms with van der Waals surface area (Å²) in [6.07, 6.45) is 1.27. The van der Waals surface area contributed by atoms with Crippen LogP contribution in [-0.2, 0) is 17.6 Å². The lowest BCUT2D eigenvalue weighted by Crippen LogP contribution is -2.41.